The van der Waals surface area contributed by atoms with Gasteiger partial charge in [0.05, 0.1) is 9.95 Å². The monoisotopic (exact) mass is 332 g/mol. The molecule has 1 aromatic rings. The first-order valence-corrected chi connectivity index (χ1v) is 8.07. The zero-order valence-electron chi connectivity index (χ0n) is 10.9. The number of nitrogens with zero attached hydrogens (tertiary/aromatic N) is 2. The van der Waals surface area contributed by atoms with Crippen molar-refractivity contribution in [3.63, 3.8) is 0 Å². The van der Waals surface area contributed by atoms with Gasteiger partial charge in [-0.15, -0.1) is 0 Å². The van der Waals surface area contributed by atoms with Gasteiger partial charge >= 0.3 is 0 Å². The normalized spacial score (nSPS) is 17.6. The number of benzene rings is 1. The summed E-state index contributed by atoms with van der Waals surface area (Å²) in [6.45, 7) is 0.398. The standard InChI is InChI=1S/C12H13ClN2O5S/c13-11-2-1-10(15(17)18)7-12(11)21(19,20)14-5-3-9(8-16)4-6-14/h1-2,7-9H,3-6H2. The third-order valence-corrected chi connectivity index (χ3v) is 5.81. The van der Waals surface area contributed by atoms with Crippen LogP contribution in [0.3, 0.4) is 0 Å². The van der Waals surface area contributed by atoms with Crippen molar-refractivity contribution < 1.29 is 18.1 Å². The molecule has 0 radical (unpaired) electrons. The molecule has 0 N–H and O–H groups in total. The molecule has 1 aliphatic heterocycles. The van der Waals surface area contributed by atoms with Gasteiger partial charge in [0.25, 0.3) is 5.69 Å². The largest absolute Gasteiger partial charge is 0.303 e. The van der Waals surface area contributed by atoms with Crippen LogP contribution in [0.2, 0.25) is 5.02 Å². The highest BCUT2D eigenvalue weighted by atomic mass is 35.5. The molecule has 0 amide bonds. The third kappa shape index (κ3) is 3.22. The zero-order valence-corrected chi connectivity index (χ0v) is 12.5. The number of halogens is 1. The minimum absolute atomic E-state index is 0.0573. The summed E-state index contributed by atoms with van der Waals surface area (Å²) < 4.78 is 26.2. The maximum absolute atomic E-state index is 12.5. The number of aldehydes is 1. The van der Waals surface area contributed by atoms with E-state index < -0.39 is 14.9 Å². The van der Waals surface area contributed by atoms with Gasteiger partial charge in [0.15, 0.2) is 0 Å². The number of carbonyl (C=O) groups is 1. The quantitative estimate of drug-likeness (QED) is 0.476. The molecular formula is C12H13ClN2O5S. The van der Waals surface area contributed by atoms with Crippen LogP contribution in [-0.2, 0) is 14.8 Å². The Balaban J connectivity index is 2.34. The fraction of sp³-hybridized carbons (Fsp3) is 0.417. The summed E-state index contributed by atoms with van der Waals surface area (Å²) in [4.78, 5) is 20.5. The van der Waals surface area contributed by atoms with E-state index >= 15 is 0 Å². The lowest BCUT2D eigenvalue weighted by Gasteiger charge is -2.28. The van der Waals surface area contributed by atoms with Crippen LogP contribution in [-0.4, -0.2) is 37.0 Å². The number of nitro benzene ring substituents is 1. The molecule has 114 valence electrons. The Morgan fingerprint density at radius 2 is 1.95 bits per heavy atom. The van der Waals surface area contributed by atoms with Crippen LogP contribution < -0.4 is 0 Å². The van der Waals surface area contributed by atoms with Crippen molar-refractivity contribution in [3.05, 3.63) is 33.3 Å². The molecule has 1 aromatic carbocycles. The summed E-state index contributed by atoms with van der Waals surface area (Å²) in [5.74, 6) is -0.142. The Morgan fingerprint density at radius 3 is 2.48 bits per heavy atom. The second-order valence-electron chi connectivity index (χ2n) is 4.75. The number of non-ortho nitro benzene ring substituents is 1. The number of nitro groups is 1. The number of piperidine rings is 1. The van der Waals surface area contributed by atoms with E-state index in [1.165, 1.54) is 10.4 Å². The fourth-order valence-electron chi connectivity index (χ4n) is 2.19. The summed E-state index contributed by atoms with van der Waals surface area (Å²) in [5.41, 5.74) is -0.333. The van der Waals surface area contributed by atoms with Crippen LogP contribution >= 0.6 is 11.6 Å². The minimum atomic E-state index is -3.90. The molecule has 0 aliphatic carbocycles. The Hall–Kier alpha value is -1.51. The summed E-state index contributed by atoms with van der Waals surface area (Å²) in [5, 5.41) is 10.7. The Morgan fingerprint density at radius 1 is 1.33 bits per heavy atom. The molecular weight excluding hydrogens is 320 g/mol. The van der Waals surface area contributed by atoms with E-state index in [1.807, 2.05) is 0 Å². The molecule has 0 atom stereocenters. The van der Waals surface area contributed by atoms with Crippen molar-refractivity contribution in [1.82, 2.24) is 4.31 Å². The molecule has 9 heteroatoms. The molecule has 2 rings (SSSR count). The molecule has 0 spiro atoms. The highest BCUT2D eigenvalue weighted by Crippen LogP contribution is 2.30. The number of hydrogen-bond acceptors (Lipinski definition) is 5. The molecule has 0 unspecified atom stereocenters. The SMILES string of the molecule is O=CC1CCN(S(=O)(=O)c2cc([N+](=O)[O-])ccc2Cl)CC1. The van der Waals surface area contributed by atoms with E-state index in [4.69, 9.17) is 11.6 Å². The van der Waals surface area contributed by atoms with Crippen molar-refractivity contribution in [2.24, 2.45) is 5.92 Å². The number of carbonyl (C=O) groups excluding carboxylic acids is 1. The van der Waals surface area contributed by atoms with Gasteiger partial charge in [-0.2, -0.15) is 4.31 Å². The van der Waals surface area contributed by atoms with Crippen LogP contribution in [0.4, 0.5) is 5.69 Å². The van der Waals surface area contributed by atoms with E-state index in [0.29, 0.717) is 12.8 Å². The first-order chi connectivity index (χ1) is 9.86. The summed E-state index contributed by atoms with van der Waals surface area (Å²) in [7, 11) is -3.90. The third-order valence-electron chi connectivity index (χ3n) is 3.43. The average Bonchev–Trinajstić information content (AvgIpc) is 2.47. The first-order valence-electron chi connectivity index (χ1n) is 6.25. The zero-order chi connectivity index (χ0) is 15.6. The van der Waals surface area contributed by atoms with Gasteiger partial charge in [-0.3, -0.25) is 10.1 Å². The molecule has 0 bridgehead atoms. The van der Waals surface area contributed by atoms with E-state index in [0.717, 1.165) is 18.4 Å². The van der Waals surface area contributed by atoms with Crippen molar-refractivity contribution in [2.75, 3.05) is 13.1 Å². The van der Waals surface area contributed by atoms with E-state index in [1.54, 1.807) is 0 Å². The van der Waals surface area contributed by atoms with Crippen molar-refractivity contribution in [2.45, 2.75) is 17.7 Å². The minimum Gasteiger partial charge on any atom is -0.303 e. The molecule has 0 aromatic heterocycles. The smallest absolute Gasteiger partial charge is 0.270 e. The number of hydrogen-bond donors (Lipinski definition) is 0. The van der Waals surface area contributed by atoms with Gasteiger partial charge in [0.2, 0.25) is 10.0 Å². The van der Waals surface area contributed by atoms with Gasteiger partial charge in [-0.05, 0) is 18.9 Å². The van der Waals surface area contributed by atoms with Crippen molar-refractivity contribution >= 4 is 33.6 Å². The topological polar surface area (TPSA) is 97.6 Å². The Kier molecular flexibility index (Phi) is 4.60. The molecule has 0 saturated carbocycles. The molecule has 1 aliphatic rings. The van der Waals surface area contributed by atoms with Crippen LogP contribution in [0.15, 0.2) is 23.1 Å². The van der Waals surface area contributed by atoms with Crippen molar-refractivity contribution in [3.8, 4) is 0 Å². The number of rotatable bonds is 4. The lowest BCUT2D eigenvalue weighted by molar-refractivity contribution is -0.385. The molecule has 7 nitrogen and oxygen atoms in total. The van der Waals surface area contributed by atoms with E-state index in [-0.39, 0.29) is 34.6 Å². The first kappa shape index (κ1) is 15.9. The number of sulfonamides is 1. The molecule has 1 fully saturated rings. The second-order valence-corrected chi connectivity index (χ2v) is 7.06. The molecule has 1 saturated heterocycles. The second kappa shape index (κ2) is 6.08. The van der Waals surface area contributed by atoms with Gasteiger partial charge in [0, 0.05) is 31.1 Å². The van der Waals surface area contributed by atoms with Crippen LogP contribution in [0.25, 0.3) is 0 Å². The van der Waals surface area contributed by atoms with Gasteiger partial charge in [-0.25, -0.2) is 8.42 Å². The molecule has 1 heterocycles. The maximum atomic E-state index is 12.5. The predicted molar refractivity (Wildman–Crippen MR) is 75.7 cm³/mol. The lowest BCUT2D eigenvalue weighted by atomic mass is 10.0. The van der Waals surface area contributed by atoms with Crippen LogP contribution in [0.5, 0.6) is 0 Å². The van der Waals surface area contributed by atoms with Gasteiger partial charge < -0.3 is 4.79 Å². The summed E-state index contributed by atoms with van der Waals surface area (Å²) >= 11 is 5.88. The van der Waals surface area contributed by atoms with Gasteiger partial charge in [-0.1, -0.05) is 11.6 Å². The van der Waals surface area contributed by atoms with E-state index in [2.05, 4.69) is 0 Å². The average molecular weight is 333 g/mol. The van der Waals surface area contributed by atoms with Crippen LogP contribution in [0.1, 0.15) is 12.8 Å². The summed E-state index contributed by atoms with van der Waals surface area (Å²) in [6, 6.07) is 3.31. The van der Waals surface area contributed by atoms with E-state index in [9.17, 15) is 23.3 Å². The lowest BCUT2D eigenvalue weighted by Crippen LogP contribution is -2.38. The fourth-order valence-corrected chi connectivity index (χ4v) is 4.16. The highest BCUT2D eigenvalue weighted by molar-refractivity contribution is 7.89. The maximum Gasteiger partial charge on any atom is 0.270 e. The summed E-state index contributed by atoms with van der Waals surface area (Å²) in [6.07, 6.45) is 1.70. The Labute approximate surface area is 126 Å². The molecule has 21 heavy (non-hydrogen) atoms. The van der Waals surface area contributed by atoms with Crippen LogP contribution in [0, 0.1) is 16.0 Å². The Bertz CT molecular complexity index is 668. The van der Waals surface area contributed by atoms with Crippen molar-refractivity contribution in [1.29, 1.82) is 0 Å². The van der Waals surface area contributed by atoms with Gasteiger partial charge in [0.1, 0.15) is 11.2 Å². The highest BCUT2D eigenvalue weighted by Gasteiger charge is 2.31. The predicted octanol–water partition coefficient (Wildman–Crippen LogP) is 1.85.